The Morgan fingerprint density at radius 3 is 2.70 bits per heavy atom. The van der Waals surface area contributed by atoms with Gasteiger partial charge in [0.05, 0.1) is 12.1 Å². The molecule has 0 radical (unpaired) electrons. The number of nitrogens with zero attached hydrogens (tertiary/aromatic N) is 2. The molecule has 1 fully saturated rings. The number of nitrogens with one attached hydrogen (secondary N) is 2. The van der Waals surface area contributed by atoms with E-state index >= 15 is 0 Å². The lowest BCUT2D eigenvalue weighted by atomic mass is 10.2. The van der Waals surface area contributed by atoms with Gasteiger partial charge >= 0.3 is 0 Å². The van der Waals surface area contributed by atoms with Crippen LogP contribution in [-0.2, 0) is 4.74 Å². The van der Waals surface area contributed by atoms with Crippen molar-refractivity contribution in [3.63, 3.8) is 0 Å². The zero-order valence-electron chi connectivity index (χ0n) is 12.9. The van der Waals surface area contributed by atoms with Crippen molar-refractivity contribution in [1.29, 1.82) is 0 Å². The molecule has 0 aliphatic heterocycles. The molecule has 1 heterocycles. The fourth-order valence-corrected chi connectivity index (χ4v) is 2.63. The molecule has 20 heavy (non-hydrogen) atoms. The lowest BCUT2D eigenvalue weighted by molar-refractivity contribution is 0.101. The van der Waals surface area contributed by atoms with Crippen molar-refractivity contribution in [2.24, 2.45) is 0 Å². The fourth-order valence-electron chi connectivity index (χ4n) is 2.63. The van der Waals surface area contributed by atoms with Gasteiger partial charge in [0, 0.05) is 25.6 Å². The zero-order valence-corrected chi connectivity index (χ0v) is 12.9. The molecule has 0 spiro atoms. The molecule has 1 aliphatic rings. The molecule has 5 nitrogen and oxygen atoms in total. The van der Waals surface area contributed by atoms with Gasteiger partial charge in [0.2, 0.25) is 0 Å². The Morgan fingerprint density at radius 1 is 1.30 bits per heavy atom. The topological polar surface area (TPSA) is 59.1 Å². The third-order valence-electron chi connectivity index (χ3n) is 3.71. The van der Waals surface area contributed by atoms with E-state index in [0.29, 0.717) is 12.0 Å². The minimum atomic E-state index is 0.287. The molecule has 2 atom stereocenters. The van der Waals surface area contributed by atoms with Crippen LogP contribution in [0.15, 0.2) is 6.07 Å². The van der Waals surface area contributed by atoms with E-state index in [0.717, 1.165) is 36.8 Å². The molecular weight excluding hydrogens is 252 g/mol. The Morgan fingerprint density at radius 2 is 2.05 bits per heavy atom. The standard InChI is InChI=1S/C15H26N4O/c1-5-16-13-9-14(19-15(18-13)10(2)3)17-11-7-6-8-12(11)20-4/h9-12H,5-8H2,1-4H3,(H2,16,17,18,19). The Labute approximate surface area is 121 Å². The predicted octanol–water partition coefficient (Wildman–Crippen LogP) is 3.01. The van der Waals surface area contributed by atoms with Crippen LogP contribution >= 0.6 is 0 Å². The molecule has 0 bridgehead atoms. The van der Waals surface area contributed by atoms with Gasteiger partial charge < -0.3 is 15.4 Å². The van der Waals surface area contributed by atoms with Crippen LogP contribution in [0.4, 0.5) is 11.6 Å². The Balaban J connectivity index is 2.17. The van der Waals surface area contributed by atoms with Gasteiger partial charge in [-0.15, -0.1) is 0 Å². The zero-order chi connectivity index (χ0) is 14.5. The number of ether oxygens (including phenoxy) is 1. The Hall–Kier alpha value is -1.36. The first kappa shape index (κ1) is 15.0. The molecule has 1 saturated carbocycles. The van der Waals surface area contributed by atoms with Gasteiger partial charge in [0.1, 0.15) is 17.5 Å². The second kappa shape index (κ2) is 6.88. The van der Waals surface area contributed by atoms with Crippen LogP contribution in [0.3, 0.4) is 0 Å². The Kier molecular flexibility index (Phi) is 5.17. The van der Waals surface area contributed by atoms with Gasteiger partial charge in [-0.05, 0) is 26.2 Å². The summed E-state index contributed by atoms with van der Waals surface area (Å²) in [4.78, 5) is 9.17. The van der Waals surface area contributed by atoms with Crippen molar-refractivity contribution in [2.75, 3.05) is 24.3 Å². The molecule has 112 valence electrons. The van der Waals surface area contributed by atoms with E-state index in [4.69, 9.17) is 4.74 Å². The average Bonchev–Trinajstić information content (AvgIpc) is 2.86. The highest BCUT2D eigenvalue weighted by Gasteiger charge is 2.27. The first-order valence-corrected chi connectivity index (χ1v) is 7.56. The van der Waals surface area contributed by atoms with Crippen LogP contribution in [0.2, 0.25) is 0 Å². The predicted molar refractivity (Wildman–Crippen MR) is 82.3 cm³/mol. The van der Waals surface area contributed by atoms with Crippen molar-refractivity contribution in [1.82, 2.24) is 9.97 Å². The van der Waals surface area contributed by atoms with Crippen LogP contribution in [0.25, 0.3) is 0 Å². The largest absolute Gasteiger partial charge is 0.379 e. The molecule has 2 unspecified atom stereocenters. The van der Waals surface area contributed by atoms with Gasteiger partial charge in [-0.25, -0.2) is 9.97 Å². The smallest absolute Gasteiger partial charge is 0.135 e. The molecule has 0 aromatic carbocycles. The van der Waals surface area contributed by atoms with Crippen LogP contribution in [0.1, 0.15) is 51.8 Å². The third-order valence-corrected chi connectivity index (χ3v) is 3.71. The first-order valence-electron chi connectivity index (χ1n) is 7.56. The average molecular weight is 278 g/mol. The second-order valence-corrected chi connectivity index (χ2v) is 5.64. The third kappa shape index (κ3) is 3.60. The van der Waals surface area contributed by atoms with Gasteiger partial charge in [-0.3, -0.25) is 0 Å². The molecule has 0 saturated heterocycles. The summed E-state index contributed by atoms with van der Waals surface area (Å²) in [7, 11) is 1.79. The number of hydrogen-bond donors (Lipinski definition) is 2. The molecule has 0 amide bonds. The lowest BCUT2D eigenvalue weighted by Crippen LogP contribution is -2.30. The summed E-state index contributed by atoms with van der Waals surface area (Å²) < 4.78 is 5.53. The summed E-state index contributed by atoms with van der Waals surface area (Å²) in [6.07, 6.45) is 3.75. The van der Waals surface area contributed by atoms with Gasteiger partial charge in [0.25, 0.3) is 0 Å². The minimum absolute atomic E-state index is 0.287. The van der Waals surface area contributed by atoms with Crippen molar-refractivity contribution in [3.05, 3.63) is 11.9 Å². The van der Waals surface area contributed by atoms with E-state index in [9.17, 15) is 0 Å². The summed E-state index contributed by atoms with van der Waals surface area (Å²) in [5, 5.41) is 6.79. The van der Waals surface area contributed by atoms with Crippen molar-refractivity contribution in [3.8, 4) is 0 Å². The van der Waals surface area contributed by atoms with E-state index in [1.54, 1.807) is 7.11 Å². The quantitative estimate of drug-likeness (QED) is 0.837. The normalized spacial score (nSPS) is 22.2. The van der Waals surface area contributed by atoms with Gasteiger partial charge in [-0.2, -0.15) is 0 Å². The molecule has 2 N–H and O–H groups in total. The minimum Gasteiger partial charge on any atom is -0.379 e. The SMILES string of the molecule is CCNc1cc(NC2CCCC2OC)nc(C(C)C)n1. The van der Waals surface area contributed by atoms with E-state index in [2.05, 4.69) is 41.4 Å². The van der Waals surface area contributed by atoms with Crippen molar-refractivity contribution in [2.45, 2.75) is 58.1 Å². The highest BCUT2D eigenvalue weighted by atomic mass is 16.5. The monoisotopic (exact) mass is 278 g/mol. The van der Waals surface area contributed by atoms with Crippen molar-refractivity contribution < 1.29 is 4.74 Å². The highest BCUT2D eigenvalue weighted by molar-refractivity contribution is 5.48. The molecule has 5 heteroatoms. The van der Waals surface area contributed by atoms with Crippen LogP contribution in [-0.4, -0.2) is 35.8 Å². The number of anilines is 2. The maximum absolute atomic E-state index is 5.53. The maximum atomic E-state index is 5.53. The second-order valence-electron chi connectivity index (χ2n) is 5.64. The summed E-state index contributed by atoms with van der Waals surface area (Å²) in [5.41, 5.74) is 0. The first-order chi connectivity index (χ1) is 9.63. The summed E-state index contributed by atoms with van der Waals surface area (Å²) in [6.45, 7) is 7.16. The van der Waals surface area contributed by atoms with Gasteiger partial charge in [-0.1, -0.05) is 13.8 Å². The lowest BCUT2D eigenvalue weighted by Gasteiger charge is -2.21. The van der Waals surface area contributed by atoms with E-state index in [1.165, 1.54) is 6.42 Å². The van der Waals surface area contributed by atoms with E-state index in [-0.39, 0.29) is 6.10 Å². The van der Waals surface area contributed by atoms with Crippen LogP contribution in [0, 0.1) is 0 Å². The number of rotatable bonds is 6. The number of aromatic nitrogens is 2. The Bertz CT molecular complexity index is 436. The maximum Gasteiger partial charge on any atom is 0.135 e. The molecule has 1 aromatic heterocycles. The molecule has 1 aromatic rings. The van der Waals surface area contributed by atoms with Gasteiger partial charge in [0.15, 0.2) is 0 Å². The van der Waals surface area contributed by atoms with E-state index in [1.807, 2.05) is 6.07 Å². The number of hydrogen-bond acceptors (Lipinski definition) is 5. The summed E-state index contributed by atoms with van der Waals surface area (Å²) in [5.74, 6) is 2.98. The molecule has 1 aliphatic carbocycles. The summed E-state index contributed by atoms with van der Waals surface area (Å²) >= 11 is 0. The van der Waals surface area contributed by atoms with E-state index < -0.39 is 0 Å². The van der Waals surface area contributed by atoms with Crippen molar-refractivity contribution >= 4 is 11.6 Å². The van der Waals surface area contributed by atoms with Crippen LogP contribution < -0.4 is 10.6 Å². The highest BCUT2D eigenvalue weighted by Crippen LogP contribution is 2.26. The van der Waals surface area contributed by atoms with Crippen LogP contribution in [0.5, 0.6) is 0 Å². The number of methoxy groups -OCH3 is 1. The summed E-state index contributed by atoms with van der Waals surface area (Å²) in [6, 6.07) is 2.34. The fraction of sp³-hybridized carbons (Fsp3) is 0.733. The molecular formula is C15H26N4O. The molecule has 2 rings (SSSR count).